The van der Waals surface area contributed by atoms with Gasteiger partial charge < -0.3 is 0 Å². The number of nitrogens with zero attached hydrogens (tertiary/aromatic N) is 1. The summed E-state index contributed by atoms with van der Waals surface area (Å²) in [4.78, 5) is 0. The van der Waals surface area contributed by atoms with Gasteiger partial charge in [-0.15, -0.1) is 0 Å². The molecule has 0 N–H and O–H groups in total. The first-order valence-electron chi connectivity index (χ1n) is 4.20. The van der Waals surface area contributed by atoms with E-state index in [0.717, 1.165) is 14.4 Å². The van der Waals surface area contributed by atoms with Gasteiger partial charge in [-0.3, -0.25) is 0 Å². The van der Waals surface area contributed by atoms with Crippen LogP contribution in [-0.2, 0) is 3.20 Å². The molecule has 2 aromatic rings. The van der Waals surface area contributed by atoms with Gasteiger partial charge >= 0.3 is 91.4 Å². The van der Waals surface area contributed by atoms with Gasteiger partial charge in [0.05, 0.1) is 0 Å². The Morgan fingerprint density at radius 1 is 1.14 bits per heavy atom. The monoisotopic (exact) mass is 302 g/mol. The van der Waals surface area contributed by atoms with Crippen molar-refractivity contribution in [2.75, 3.05) is 5.23 Å². The van der Waals surface area contributed by atoms with Gasteiger partial charge in [0.25, 0.3) is 0 Å². The minimum atomic E-state index is -0.753. The molecular formula is C10H6NO2Te-. The normalized spacial score (nSPS) is 14.8. The Morgan fingerprint density at radius 2 is 2.00 bits per heavy atom. The molecule has 0 aliphatic carbocycles. The summed E-state index contributed by atoms with van der Waals surface area (Å²) in [6.07, 6.45) is 0. The van der Waals surface area contributed by atoms with Crippen molar-refractivity contribution < 1.29 is 3.20 Å². The average molecular weight is 300 g/mol. The summed E-state index contributed by atoms with van der Waals surface area (Å²) in [5.74, 6) is 0. The Bertz CT molecular complexity index is 500. The van der Waals surface area contributed by atoms with Gasteiger partial charge in [-0.25, -0.2) is 0 Å². The summed E-state index contributed by atoms with van der Waals surface area (Å²) in [6.45, 7) is 0. The molecule has 0 saturated carbocycles. The van der Waals surface area contributed by atoms with Crippen molar-refractivity contribution in [2.24, 2.45) is 0 Å². The van der Waals surface area contributed by atoms with E-state index < -0.39 is 21.3 Å². The van der Waals surface area contributed by atoms with E-state index in [-0.39, 0.29) is 0 Å². The SMILES string of the molecule is [O-]N1O[Te]c2ccc3ccccc3c21. The molecule has 3 nitrogen and oxygen atoms in total. The Morgan fingerprint density at radius 3 is 2.93 bits per heavy atom. The Hall–Kier alpha value is -0.790. The second-order valence-corrected chi connectivity index (χ2v) is 5.20. The second-order valence-electron chi connectivity index (χ2n) is 3.05. The molecule has 2 aromatic carbocycles. The molecule has 0 fully saturated rings. The van der Waals surface area contributed by atoms with Crippen LogP contribution >= 0.6 is 0 Å². The van der Waals surface area contributed by atoms with Crippen LogP contribution in [0.3, 0.4) is 0 Å². The number of anilines is 1. The first kappa shape index (κ1) is 8.51. The van der Waals surface area contributed by atoms with E-state index in [9.17, 15) is 5.21 Å². The van der Waals surface area contributed by atoms with E-state index >= 15 is 0 Å². The molecule has 1 aliphatic heterocycles. The van der Waals surface area contributed by atoms with Crippen LogP contribution < -0.4 is 8.84 Å². The Balaban J connectivity index is 2.41. The molecule has 0 aromatic heterocycles. The fourth-order valence-corrected chi connectivity index (χ4v) is 3.34. The molecule has 1 heterocycles. The van der Waals surface area contributed by atoms with Crippen LogP contribution in [0.25, 0.3) is 10.8 Å². The Kier molecular flexibility index (Phi) is 1.89. The fraction of sp³-hybridized carbons (Fsp3) is 0. The standard InChI is InChI=1S/C10H6NO2Te/c12-11-10-8-4-2-1-3-7(8)5-6-9(10)14-13-11/h1-6H/q-1. The molecule has 0 bridgehead atoms. The molecule has 1 aliphatic rings. The van der Waals surface area contributed by atoms with Gasteiger partial charge in [-0.1, -0.05) is 0 Å². The number of hydrogen-bond acceptors (Lipinski definition) is 3. The number of rotatable bonds is 0. The zero-order chi connectivity index (χ0) is 9.54. The van der Waals surface area contributed by atoms with Crippen LogP contribution in [-0.4, -0.2) is 21.3 Å². The minimum absolute atomic E-state index is 0.667. The summed E-state index contributed by atoms with van der Waals surface area (Å²) in [6, 6.07) is 11.9. The fourth-order valence-electron chi connectivity index (χ4n) is 1.60. The van der Waals surface area contributed by atoms with Gasteiger partial charge in [0.2, 0.25) is 0 Å². The predicted molar refractivity (Wildman–Crippen MR) is 56.3 cm³/mol. The number of fused-ring (bicyclic) bond motifs is 3. The van der Waals surface area contributed by atoms with Crippen molar-refractivity contribution in [2.45, 2.75) is 0 Å². The van der Waals surface area contributed by atoms with Crippen molar-refractivity contribution in [3.8, 4) is 0 Å². The summed E-state index contributed by atoms with van der Waals surface area (Å²) in [5, 5.41) is 14.1. The summed E-state index contributed by atoms with van der Waals surface area (Å²) in [5.41, 5.74) is 0.713. The van der Waals surface area contributed by atoms with Crippen molar-refractivity contribution in [3.63, 3.8) is 0 Å². The molecule has 0 atom stereocenters. The maximum absolute atomic E-state index is 11.4. The van der Waals surface area contributed by atoms with Gasteiger partial charge in [0.15, 0.2) is 0 Å². The molecule has 14 heavy (non-hydrogen) atoms. The first-order valence-corrected chi connectivity index (χ1v) is 6.31. The van der Waals surface area contributed by atoms with E-state index in [0.29, 0.717) is 10.9 Å². The quantitative estimate of drug-likeness (QED) is 0.689. The molecule has 0 spiro atoms. The molecule has 0 saturated heterocycles. The first-order chi connectivity index (χ1) is 6.86. The van der Waals surface area contributed by atoms with Crippen LogP contribution in [0.5, 0.6) is 0 Å². The van der Waals surface area contributed by atoms with Gasteiger partial charge in [-0.05, 0) is 0 Å². The third-order valence-corrected chi connectivity index (χ3v) is 4.29. The summed E-state index contributed by atoms with van der Waals surface area (Å²) < 4.78 is 6.13. The average Bonchev–Trinajstić information content (AvgIpc) is 2.61. The van der Waals surface area contributed by atoms with Crippen molar-refractivity contribution in [1.29, 1.82) is 0 Å². The third kappa shape index (κ3) is 1.13. The van der Waals surface area contributed by atoms with Crippen molar-refractivity contribution in [3.05, 3.63) is 41.6 Å². The molecule has 0 radical (unpaired) electrons. The predicted octanol–water partition coefficient (Wildman–Crippen LogP) is 1.33. The number of hydrogen-bond donors (Lipinski definition) is 0. The van der Waals surface area contributed by atoms with E-state index in [1.54, 1.807) is 0 Å². The van der Waals surface area contributed by atoms with Gasteiger partial charge in [0, 0.05) is 0 Å². The molecule has 0 amide bonds. The third-order valence-electron chi connectivity index (χ3n) is 2.24. The van der Waals surface area contributed by atoms with E-state index in [4.69, 9.17) is 3.20 Å². The van der Waals surface area contributed by atoms with Crippen molar-refractivity contribution >= 4 is 41.4 Å². The van der Waals surface area contributed by atoms with Crippen LogP contribution in [0, 0.1) is 5.21 Å². The number of benzene rings is 2. The zero-order valence-electron chi connectivity index (χ0n) is 7.14. The van der Waals surface area contributed by atoms with Crippen LogP contribution in [0.2, 0.25) is 0 Å². The molecular weight excluding hydrogens is 294 g/mol. The van der Waals surface area contributed by atoms with Crippen molar-refractivity contribution in [1.82, 2.24) is 0 Å². The maximum atomic E-state index is 11.4. The molecule has 70 valence electrons. The summed E-state index contributed by atoms with van der Waals surface area (Å²) >= 11 is -0.753. The molecule has 0 unspecified atom stereocenters. The molecule has 3 rings (SSSR count). The van der Waals surface area contributed by atoms with Crippen LogP contribution in [0.1, 0.15) is 0 Å². The Labute approximate surface area is 91.4 Å². The topological polar surface area (TPSA) is 35.5 Å². The van der Waals surface area contributed by atoms with E-state index in [1.165, 1.54) is 0 Å². The van der Waals surface area contributed by atoms with Crippen LogP contribution in [0.15, 0.2) is 36.4 Å². The zero-order valence-corrected chi connectivity index (χ0v) is 9.47. The summed E-state index contributed by atoms with van der Waals surface area (Å²) in [7, 11) is 0. The van der Waals surface area contributed by atoms with Crippen LogP contribution in [0.4, 0.5) is 5.69 Å². The molecule has 4 heteroatoms. The van der Waals surface area contributed by atoms with Gasteiger partial charge in [-0.2, -0.15) is 0 Å². The van der Waals surface area contributed by atoms with E-state index in [1.807, 2.05) is 36.4 Å². The van der Waals surface area contributed by atoms with Gasteiger partial charge in [0.1, 0.15) is 0 Å². The second kappa shape index (κ2) is 3.11. The van der Waals surface area contributed by atoms with E-state index in [2.05, 4.69) is 0 Å².